The molecule has 1 saturated carbocycles. The van der Waals surface area contributed by atoms with Gasteiger partial charge in [-0.3, -0.25) is 4.79 Å². The van der Waals surface area contributed by atoms with Crippen molar-refractivity contribution in [2.75, 3.05) is 7.05 Å². The Kier molecular flexibility index (Phi) is 4.82. The fourth-order valence-corrected chi connectivity index (χ4v) is 4.21. The predicted molar refractivity (Wildman–Crippen MR) is 75.4 cm³/mol. The molecule has 2 aliphatic rings. The van der Waals surface area contributed by atoms with Gasteiger partial charge >= 0.3 is 5.97 Å². The Balaban J connectivity index is 1.94. The summed E-state index contributed by atoms with van der Waals surface area (Å²) in [6.07, 6.45) is 8.56. The Morgan fingerprint density at radius 2 is 1.90 bits per heavy atom. The van der Waals surface area contributed by atoms with Gasteiger partial charge < -0.3 is 5.11 Å². The Morgan fingerprint density at radius 3 is 2.45 bits per heavy atom. The number of rotatable bonds is 5. The number of carboxylic acids is 1. The molecule has 2 atom stereocenters. The maximum absolute atomic E-state index is 12.3. The maximum Gasteiger partial charge on any atom is 0.310 e. The summed E-state index contributed by atoms with van der Waals surface area (Å²) in [5, 5.41) is 8.90. The van der Waals surface area contributed by atoms with Crippen molar-refractivity contribution in [3.8, 4) is 0 Å². The van der Waals surface area contributed by atoms with E-state index in [0.717, 1.165) is 25.7 Å². The summed E-state index contributed by atoms with van der Waals surface area (Å²) in [6.45, 7) is 0. The van der Waals surface area contributed by atoms with E-state index >= 15 is 0 Å². The van der Waals surface area contributed by atoms with Gasteiger partial charge in [-0.25, -0.2) is 0 Å². The van der Waals surface area contributed by atoms with Crippen molar-refractivity contribution in [3.05, 3.63) is 12.2 Å². The van der Waals surface area contributed by atoms with Crippen LogP contribution in [0.2, 0.25) is 0 Å². The lowest BCUT2D eigenvalue weighted by molar-refractivity contribution is -0.140. The molecule has 1 fully saturated rings. The van der Waals surface area contributed by atoms with Gasteiger partial charge in [0.15, 0.2) is 0 Å². The summed E-state index contributed by atoms with van der Waals surface area (Å²) in [4.78, 5) is 10.9. The van der Waals surface area contributed by atoms with Crippen LogP contribution in [0.1, 0.15) is 38.5 Å². The Hall–Kier alpha value is -0.920. The van der Waals surface area contributed by atoms with Gasteiger partial charge in [-0.15, -0.1) is 0 Å². The molecule has 0 bridgehead atoms. The number of hydrogen-bond donors (Lipinski definition) is 2. The minimum Gasteiger partial charge on any atom is -0.481 e. The van der Waals surface area contributed by atoms with Crippen LogP contribution >= 0.6 is 0 Å². The van der Waals surface area contributed by atoms with Crippen LogP contribution in [0.3, 0.4) is 0 Å². The number of aliphatic carboxylic acids is 1. The molecule has 2 rings (SSSR count). The average molecular weight is 302 g/mol. The monoisotopic (exact) mass is 302 g/mol. The zero-order valence-corrected chi connectivity index (χ0v) is 12.5. The summed E-state index contributed by atoms with van der Waals surface area (Å²) in [5.74, 6) is -1.51. The van der Waals surface area contributed by atoms with Crippen LogP contribution in [-0.2, 0) is 15.0 Å². The molecule has 0 saturated heterocycles. The fourth-order valence-electron chi connectivity index (χ4n) is 2.88. The van der Waals surface area contributed by atoms with E-state index in [1.165, 1.54) is 10.7 Å². The number of nitrogens with one attached hydrogen (secondary N) is 1. The van der Waals surface area contributed by atoms with Crippen LogP contribution in [-0.4, -0.2) is 42.9 Å². The van der Waals surface area contributed by atoms with Crippen LogP contribution < -0.4 is 4.72 Å². The molecule has 0 spiro atoms. The molecule has 0 aromatic carbocycles. The van der Waals surface area contributed by atoms with E-state index in [0.29, 0.717) is 0 Å². The summed E-state index contributed by atoms with van der Waals surface area (Å²) in [5.41, 5.74) is 0. The predicted octanol–water partition coefficient (Wildman–Crippen LogP) is 1.11. The van der Waals surface area contributed by atoms with E-state index in [1.807, 2.05) is 0 Å². The van der Waals surface area contributed by atoms with E-state index in [-0.39, 0.29) is 12.5 Å². The largest absolute Gasteiger partial charge is 0.481 e. The number of carboxylic acid groups (broad SMARTS) is 1. The number of carbonyl (C=O) groups is 1. The Morgan fingerprint density at radius 1 is 1.25 bits per heavy atom. The highest BCUT2D eigenvalue weighted by Gasteiger charge is 2.32. The standard InChI is InChI=1S/C13H22N2O4S/c1-15(12-5-3-2-4-6-12)20(18,19)14-11-8-7-10(9-11)13(16)17/h7-8,10-12,14H,2-6,9H2,1H3,(H,16,17). The first-order valence-corrected chi connectivity index (χ1v) is 8.50. The molecule has 2 unspecified atom stereocenters. The molecule has 0 aromatic heterocycles. The molecule has 0 aromatic rings. The lowest BCUT2D eigenvalue weighted by Crippen LogP contribution is -2.47. The minimum absolute atomic E-state index is 0.0573. The molecule has 6 nitrogen and oxygen atoms in total. The molecule has 0 radical (unpaired) electrons. The first-order chi connectivity index (χ1) is 9.40. The van der Waals surface area contributed by atoms with Crippen molar-refractivity contribution < 1.29 is 18.3 Å². The lowest BCUT2D eigenvalue weighted by atomic mass is 9.96. The second-order valence-corrected chi connectivity index (χ2v) is 7.36. The van der Waals surface area contributed by atoms with Crippen LogP contribution in [0, 0.1) is 5.92 Å². The van der Waals surface area contributed by atoms with Crippen molar-refractivity contribution in [1.29, 1.82) is 0 Å². The van der Waals surface area contributed by atoms with Crippen molar-refractivity contribution in [2.24, 2.45) is 5.92 Å². The van der Waals surface area contributed by atoms with Gasteiger partial charge in [-0.2, -0.15) is 17.4 Å². The molecule has 114 valence electrons. The van der Waals surface area contributed by atoms with E-state index in [9.17, 15) is 13.2 Å². The quantitative estimate of drug-likeness (QED) is 0.745. The second kappa shape index (κ2) is 6.24. The summed E-state index contributed by atoms with van der Waals surface area (Å²) in [6, 6.07) is -0.367. The Bertz CT molecular complexity index is 483. The summed E-state index contributed by atoms with van der Waals surface area (Å²) in [7, 11) is -1.95. The van der Waals surface area contributed by atoms with Crippen molar-refractivity contribution in [1.82, 2.24) is 9.03 Å². The smallest absolute Gasteiger partial charge is 0.310 e. The van der Waals surface area contributed by atoms with Crippen LogP contribution in [0.25, 0.3) is 0 Å². The summed E-state index contributed by atoms with van der Waals surface area (Å²) >= 11 is 0. The molecule has 0 heterocycles. The van der Waals surface area contributed by atoms with Gasteiger partial charge in [0.25, 0.3) is 10.2 Å². The fraction of sp³-hybridized carbons (Fsp3) is 0.769. The molecule has 0 aliphatic heterocycles. The Labute approximate surface area is 120 Å². The van der Waals surface area contributed by atoms with Crippen LogP contribution in [0.5, 0.6) is 0 Å². The number of hydrogen-bond acceptors (Lipinski definition) is 3. The van der Waals surface area contributed by atoms with Gasteiger partial charge in [0.05, 0.1) is 5.92 Å². The molecular weight excluding hydrogens is 280 g/mol. The number of nitrogens with zero attached hydrogens (tertiary/aromatic N) is 1. The van der Waals surface area contributed by atoms with E-state index < -0.39 is 28.1 Å². The third kappa shape index (κ3) is 3.59. The van der Waals surface area contributed by atoms with Crippen LogP contribution in [0.15, 0.2) is 12.2 Å². The molecule has 7 heteroatoms. The highest BCUT2D eigenvalue weighted by Crippen LogP contribution is 2.24. The van der Waals surface area contributed by atoms with E-state index in [4.69, 9.17) is 5.11 Å². The van der Waals surface area contributed by atoms with Gasteiger partial charge in [0.1, 0.15) is 0 Å². The van der Waals surface area contributed by atoms with Crippen molar-refractivity contribution >= 4 is 16.2 Å². The third-order valence-corrected chi connectivity index (χ3v) is 5.83. The lowest BCUT2D eigenvalue weighted by Gasteiger charge is -2.31. The first-order valence-electron chi connectivity index (χ1n) is 7.06. The molecule has 0 amide bonds. The molecule has 2 aliphatic carbocycles. The second-order valence-electron chi connectivity index (χ2n) is 5.60. The normalized spacial score (nSPS) is 28.1. The minimum atomic E-state index is -3.55. The van der Waals surface area contributed by atoms with Crippen LogP contribution in [0.4, 0.5) is 0 Å². The highest BCUT2D eigenvalue weighted by molar-refractivity contribution is 7.87. The highest BCUT2D eigenvalue weighted by atomic mass is 32.2. The van der Waals surface area contributed by atoms with Gasteiger partial charge in [0, 0.05) is 19.1 Å². The van der Waals surface area contributed by atoms with Crippen molar-refractivity contribution in [3.63, 3.8) is 0 Å². The van der Waals surface area contributed by atoms with Gasteiger partial charge in [-0.1, -0.05) is 31.4 Å². The first kappa shape index (κ1) is 15.5. The van der Waals surface area contributed by atoms with E-state index in [2.05, 4.69) is 4.72 Å². The molecule has 2 N–H and O–H groups in total. The van der Waals surface area contributed by atoms with Gasteiger partial charge in [0.2, 0.25) is 0 Å². The van der Waals surface area contributed by atoms with E-state index in [1.54, 1.807) is 19.2 Å². The topological polar surface area (TPSA) is 86.7 Å². The third-order valence-electron chi connectivity index (χ3n) is 4.17. The van der Waals surface area contributed by atoms with Gasteiger partial charge in [-0.05, 0) is 19.3 Å². The zero-order chi connectivity index (χ0) is 14.8. The molecule has 20 heavy (non-hydrogen) atoms. The maximum atomic E-state index is 12.3. The zero-order valence-electron chi connectivity index (χ0n) is 11.7. The summed E-state index contributed by atoms with van der Waals surface area (Å²) < 4.78 is 28.6. The van der Waals surface area contributed by atoms with Crippen molar-refractivity contribution in [2.45, 2.75) is 50.6 Å². The molecular formula is C13H22N2O4S. The average Bonchev–Trinajstić information content (AvgIpc) is 2.87. The SMILES string of the molecule is CN(C1CCCCC1)S(=O)(=O)NC1C=CC(C(=O)O)C1.